The Morgan fingerprint density at radius 2 is 2.09 bits per heavy atom. The maximum absolute atomic E-state index is 12.2. The summed E-state index contributed by atoms with van der Waals surface area (Å²) in [6.07, 6.45) is 2.40. The molecule has 2 amide bonds. The molecule has 0 unspecified atom stereocenters. The second-order valence-corrected chi connectivity index (χ2v) is 5.68. The van der Waals surface area contributed by atoms with Gasteiger partial charge in [0.15, 0.2) is 0 Å². The number of nitrogens with zero attached hydrogens (tertiary/aromatic N) is 1. The van der Waals surface area contributed by atoms with Gasteiger partial charge in [0, 0.05) is 17.4 Å². The first-order valence-electron chi connectivity index (χ1n) is 7.35. The van der Waals surface area contributed by atoms with E-state index in [1.807, 2.05) is 24.3 Å². The van der Waals surface area contributed by atoms with Crippen molar-refractivity contribution < 1.29 is 14.0 Å². The summed E-state index contributed by atoms with van der Waals surface area (Å²) in [6, 6.07) is 11.3. The Morgan fingerprint density at radius 1 is 1.22 bits per heavy atom. The van der Waals surface area contributed by atoms with Crippen LogP contribution in [0, 0.1) is 11.3 Å². The molecular formula is C18H12N2O3. The van der Waals surface area contributed by atoms with Crippen molar-refractivity contribution in [3.8, 4) is 6.07 Å². The van der Waals surface area contributed by atoms with Gasteiger partial charge >= 0.3 is 0 Å². The first kappa shape index (κ1) is 13.5. The molecule has 2 aromatic carbocycles. The van der Waals surface area contributed by atoms with Gasteiger partial charge in [-0.2, -0.15) is 5.26 Å². The highest BCUT2D eigenvalue weighted by Crippen LogP contribution is 2.36. The Bertz CT molecular complexity index is 1010. The first-order chi connectivity index (χ1) is 11.2. The second-order valence-electron chi connectivity index (χ2n) is 5.68. The summed E-state index contributed by atoms with van der Waals surface area (Å²) in [4.78, 5) is 23.5. The van der Waals surface area contributed by atoms with Crippen molar-refractivity contribution in [3.05, 3.63) is 47.7 Å². The molecule has 0 aliphatic carbocycles. The minimum atomic E-state index is -0.393. The standard InChI is InChI=1S/C18H12N2O3/c19-8-10-1-3-12-11(7-10)2-5-15-17(12)14(9-23-15)13-4-6-16(21)20-18(13)22/h1-3,5,7,9,13H,4,6H2,(H,20,21,22)/t13-/m0/s1. The fourth-order valence-corrected chi connectivity index (χ4v) is 3.21. The van der Waals surface area contributed by atoms with Crippen LogP contribution in [0.25, 0.3) is 21.7 Å². The van der Waals surface area contributed by atoms with E-state index in [-0.39, 0.29) is 11.8 Å². The molecule has 3 aromatic rings. The van der Waals surface area contributed by atoms with Crippen LogP contribution in [0.15, 0.2) is 41.0 Å². The number of amides is 2. The van der Waals surface area contributed by atoms with Gasteiger partial charge in [0.1, 0.15) is 5.58 Å². The molecule has 0 spiro atoms. The lowest BCUT2D eigenvalue weighted by atomic mass is 9.88. The molecule has 0 bridgehead atoms. The number of carbonyl (C=O) groups excluding carboxylic acids is 2. The molecule has 0 radical (unpaired) electrons. The van der Waals surface area contributed by atoms with Crippen LogP contribution in [0.3, 0.4) is 0 Å². The van der Waals surface area contributed by atoms with Crippen LogP contribution in [-0.4, -0.2) is 11.8 Å². The number of rotatable bonds is 1. The van der Waals surface area contributed by atoms with Gasteiger partial charge in [0.25, 0.3) is 0 Å². The van der Waals surface area contributed by atoms with Crippen LogP contribution < -0.4 is 5.32 Å². The maximum Gasteiger partial charge on any atom is 0.234 e. The van der Waals surface area contributed by atoms with Crippen LogP contribution in [0.1, 0.15) is 29.9 Å². The highest BCUT2D eigenvalue weighted by molar-refractivity contribution is 6.10. The quantitative estimate of drug-likeness (QED) is 0.701. The van der Waals surface area contributed by atoms with Crippen LogP contribution in [0.5, 0.6) is 0 Å². The highest BCUT2D eigenvalue weighted by atomic mass is 16.3. The zero-order valence-electron chi connectivity index (χ0n) is 12.1. The number of nitriles is 1. The smallest absolute Gasteiger partial charge is 0.234 e. The molecular weight excluding hydrogens is 292 g/mol. The Balaban J connectivity index is 1.94. The van der Waals surface area contributed by atoms with Crippen molar-refractivity contribution >= 4 is 33.6 Å². The van der Waals surface area contributed by atoms with E-state index in [2.05, 4.69) is 11.4 Å². The van der Waals surface area contributed by atoms with Crippen molar-refractivity contribution in [2.75, 3.05) is 0 Å². The highest BCUT2D eigenvalue weighted by Gasteiger charge is 2.30. The maximum atomic E-state index is 12.2. The molecule has 0 saturated carbocycles. The fraction of sp³-hybridized carbons (Fsp3) is 0.167. The minimum absolute atomic E-state index is 0.234. The van der Waals surface area contributed by atoms with Gasteiger partial charge in [0.05, 0.1) is 23.8 Å². The normalized spacial score (nSPS) is 18.1. The van der Waals surface area contributed by atoms with E-state index in [4.69, 9.17) is 9.68 Å². The number of hydrogen-bond acceptors (Lipinski definition) is 4. The van der Waals surface area contributed by atoms with Crippen LogP contribution in [0.4, 0.5) is 0 Å². The second kappa shape index (κ2) is 4.96. The summed E-state index contributed by atoms with van der Waals surface area (Å²) in [5, 5.41) is 14.2. The van der Waals surface area contributed by atoms with E-state index >= 15 is 0 Å². The number of carbonyl (C=O) groups is 2. The molecule has 1 fully saturated rings. The van der Waals surface area contributed by atoms with Crippen molar-refractivity contribution in [2.24, 2.45) is 0 Å². The lowest BCUT2D eigenvalue weighted by molar-refractivity contribution is -0.134. The molecule has 4 rings (SSSR count). The Labute approximate surface area is 131 Å². The van der Waals surface area contributed by atoms with Crippen molar-refractivity contribution in [1.29, 1.82) is 5.26 Å². The van der Waals surface area contributed by atoms with Crippen molar-refractivity contribution in [1.82, 2.24) is 5.32 Å². The van der Waals surface area contributed by atoms with Gasteiger partial charge in [-0.1, -0.05) is 12.1 Å². The van der Waals surface area contributed by atoms with Crippen LogP contribution >= 0.6 is 0 Å². The summed E-state index contributed by atoms with van der Waals surface area (Å²) < 4.78 is 5.61. The van der Waals surface area contributed by atoms with E-state index in [1.54, 1.807) is 12.3 Å². The Hall–Kier alpha value is -3.13. The minimum Gasteiger partial charge on any atom is -0.464 e. The van der Waals surface area contributed by atoms with E-state index in [9.17, 15) is 9.59 Å². The van der Waals surface area contributed by atoms with Gasteiger partial charge in [0.2, 0.25) is 11.8 Å². The number of fused-ring (bicyclic) bond motifs is 3. The number of imide groups is 1. The zero-order chi connectivity index (χ0) is 16.0. The molecule has 23 heavy (non-hydrogen) atoms. The van der Waals surface area contributed by atoms with Crippen molar-refractivity contribution in [3.63, 3.8) is 0 Å². The topological polar surface area (TPSA) is 83.1 Å². The summed E-state index contributed by atoms with van der Waals surface area (Å²) >= 11 is 0. The molecule has 1 N–H and O–H groups in total. The molecule has 112 valence electrons. The molecule has 5 heteroatoms. The van der Waals surface area contributed by atoms with Crippen LogP contribution in [-0.2, 0) is 9.59 Å². The average Bonchev–Trinajstić information content (AvgIpc) is 2.98. The number of hydrogen-bond donors (Lipinski definition) is 1. The molecule has 1 aliphatic heterocycles. The van der Waals surface area contributed by atoms with Crippen LogP contribution in [0.2, 0.25) is 0 Å². The van der Waals surface area contributed by atoms with E-state index < -0.39 is 5.92 Å². The van der Waals surface area contributed by atoms with Gasteiger partial charge in [-0.3, -0.25) is 14.9 Å². The van der Waals surface area contributed by atoms with Gasteiger partial charge in [-0.25, -0.2) is 0 Å². The number of nitrogens with one attached hydrogen (secondary N) is 1. The average molecular weight is 304 g/mol. The lowest BCUT2D eigenvalue weighted by Crippen LogP contribution is -2.39. The molecule has 2 heterocycles. The largest absolute Gasteiger partial charge is 0.464 e. The number of benzene rings is 2. The van der Waals surface area contributed by atoms with E-state index in [1.165, 1.54) is 0 Å². The summed E-state index contributed by atoms with van der Waals surface area (Å²) in [7, 11) is 0. The predicted octanol–water partition coefficient (Wildman–Crippen LogP) is 2.98. The SMILES string of the molecule is N#Cc1ccc2c(ccc3occ([C@@H]4CCC(=O)NC4=O)c32)c1. The van der Waals surface area contributed by atoms with Gasteiger partial charge in [-0.15, -0.1) is 0 Å². The van der Waals surface area contributed by atoms with Crippen molar-refractivity contribution in [2.45, 2.75) is 18.8 Å². The summed E-state index contributed by atoms with van der Waals surface area (Å²) in [5.41, 5.74) is 2.07. The third-order valence-electron chi connectivity index (χ3n) is 4.33. The monoisotopic (exact) mass is 304 g/mol. The Morgan fingerprint density at radius 3 is 2.87 bits per heavy atom. The summed E-state index contributed by atoms with van der Waals surface area (Å²) in [5.74, 6) is -0.910. The van der Waals surface area contributed by atoms with E-state index in [0.717, 1.165) is 21.7 Å². The predicted molar refractivity (Wildman–Crippen MR) is 83.6 cm³/mol. The molecule has 1 saturated heterocycles. The van der Waals surface area contributed by atoms with Gasteiger partial charge in [-0.05, 0) is 35.4 Å². The van der Waals surface area contributed by atoms with E-state index in [0.29, 0.717) is 24.0 Å². The van der Waals surface area contributed by atoms with Gasteiger partial charge < -0.3 is 4.42 Å². The third-order valence-corrected chi connectivity index (χ3v) is 4.33. The zero-order valence-corrected chi connectivity index (χ0v) is 12.1. The molecule has 1 aliphatic rings. The molecule has 1 aromatic heterocycles. The Kier molecular flexibility index (Phi) is 2.91. The molecule has 5 nitrogen and oxygen atoms in total. The first-order valence-corrected chi connectivity index (χ1v) is 7.35. The lowest BCUT2D eigenvalue weighted by Gasteiger charge is -2.20. The fourth-order valence-electron chi connectivity index (χ4n) is 3.21. The molecule has 1 atom stereocenters. The number of furan rings is 1. The summed E-state index contributed by atoms with van der Waals surface area (Å²) in [6.45, 7) is 0. The third kappa shape index (κ3) is 2.08. The number of piperidine rings is 1.